The first-order chi connectivity index (χ1) is 15.5. The second-order valence-electron chi connectivity index (χ2n) is 7.14. The number of thiophene rings is 1. The van der Waals surface area contributed by atoms with E-state index >= 15 is 0 Å². The Bertz CT molecular complexity index is 1220. The van der Waals surface area contributed by atoms with Crippen molar-refractivity contribution in [3.63, 3.8) is 0 Å². The lowest BCUT2D eigenvalue weighted by atomic mass is 10.0. The number of β-lactam (4-membered cyclic amide) rings is 1. The van der Waals surface area contributed by atoms with Gasteiger partial charge in [-0.25, -0.2) is 0 Å². The van der Waals surface area contributed by atoms with Gasteiger partial charge in [0.1, 0.15) is 22.1 Å². The van der Waals surface area contributed by atoms with Crippen molar-refractivity contribution in [1.82, 2.24) is 20.4 Å². The number of benzene rings is 1. The molecule has 2 aliphatic heterocycles. The standard InChI is InChI=1S/C21H16N4O3S4/c26-14(9-11-5-2-1-3-6-11)22-15-19(27)25-16(21(28)29)12(10-31-20(15)25)17-23-24-18(32-17)13-7-4-8-30-13/h1-8,15,20H,9-10H2,(H,22,26)(H,28,29)/t15-,20-/m1/s1. The second-order valence-corrected chi connectivity index (χ2v) is 10.6. The molecule has 0 spiro atoms. The molecule has 2 aliphatic rings. The summed E-state index contributed by atoms with van der Waals surface area (Å²) in [5.74, 6) is -0.0743. The van der Waals surface area contributed by atoms with Gasteiger partial charge in [0.05, 0.1) is 11.3 Å². The Morgan fingerprint density at radius 1 is 1.12 bits per heavy atom. The number of hydrogen-bond donors (Lipinski definition) is 2. The summed E-state index contributed by atoms with van der Waals surface area (Å²) in [7, 11) is 0. The van der Waals surface area contributed by atoms with Crippen molar-refractivity contribution in [3.8, 4) is 9.88 Å². The van der Waals surface area contributed by atoms with Gasteiger partial charge in [-0.15, -0.1) is 33.3 Å². The molecule has 0 radical (unpaired) electrons. The topological polar surface area (TPSA) is 92.3 Å². The van der Waals surface area contributed by atoms with E-state index in [-0.39, 0.29) is 29.3 Å². The van der Waals surface area contributed by atoms with E-state index in [1.54, 1.807) is 11.3 Å². The van der Waals surface area contributed by atoms with Crippen LogP contribution in [0, 0.1) is 0 Å². The maximum Gasteiger partial charge on any atom is 0.253 e. The molecule has 0 saturated carbocycles. The smallest absolute Gasteiger partial charge is 0.253 e. The van der Waals surface area contributed by atoms with Crippen molar-refractivity contribution in [2.24, 2.45) is 0 Å². The molecule has 3 aromatic rings. The van der Waals surface area contributed by atoms with Gasteiger partial charge in [-0.3, -0.25) is 19.3 Å². The summed E-state index contributed by atoms with van der Waals surface area (Å²) >= 11 is 8.46. The van der Waals surface area contributed by atoms with Crippen LogP contribution in [0.3, 0.4) is 0 Å². The van der Waals surface area contributed by atoms with Gasteiger partial charge in [0.15, 0.2) is 5.01 Å². The van der Waals surface area contributed by atoms with Gasteiger partial charge in [0.2, 0.25) is 11.0 Å². The molecule has 11 heteroatoms. The third-order valence-corrected chi connectivity index (χ3v) is 8.62. The zero-order valence-electron chi connectivity index (χ0n) is 16.4. The number of fused-ring (bicyclic) bond motifs is 1. The Morgan fingerprint density at radius 2 is 1.91 bits per heavy atom. The Kier molecular flexibility index (Phi) is 5.89. The number of hydrogen-bond acceptors (Lipinski definition) is 8. The van der Waals surface area contributed by atoms with Crippen LogP contribution in [0.4, 0.5) is 0 Å². The molecule has 1 aromatic carbocycles. The number of thioether (sulfide) groups is 1. The van der Waals surface area contributed by atoms with Gasteiger partial charge in [0.25, 0.3) is 5.91 Å². The molecule has 162 valence electrons. The lowest BCUT2D eigenvalue weighted by Crippen LogP contribution is -2.70. The van der Waals surface area contributed by atoms with Crippen LogP contribution in [0.2, 0.25) is 0 Å². The molecule has 0 unspecified atom stereocenters. The van der Waals surface area contributed by atoms with Crippen LogP contribution in [-0.2, 0) is 20.8 Å². The number of carbonyl (C=O) groups is 3. The van der Waals surface area contributed by atoms with Gasteiger partial charge in [0, 0.05) is 11.3 Å². The molecule has 2 aromatic heterocycles. The molecule has 0 bridgehead atoms. The fourth-order valence-corrected chi connectivity index (χ4v) is 6.99. The third-order valence-electron chi connectivity index (χ3n) is 5.11. The predicted octanol–water partition coefficient (Wildman–Crippen LogP) is 3.08. The van der Waals surface area contributed by atoms with Crippen LogP contribution in [0.25, 0.3) is 15.5 Å². The SMILES string of the molecule is O=C(Cc1ccccc1)N[C@@H]1C(=O)N2C(C(=O)S)=C(c3nnc(-c4cccs4)s3)CS[C@H]12. The Balaban J connectivity index is 1.36. The molecule has 2 amide bonds. The lowest BCUT2D eigenvalue weighted by molar-refractivity contribution is -0.146. The highest BCUT2D eigenvalue weighted by atomic mass is 32.2. The number of aromatic nitrogens is 2. The quantitative estimate of drug-likeness (QED) is 0.399. The number of amides is 2. The number of nitrogens with one attached hydrogen (secondary N) is 1. The predicted molar refractivity (Wildman–Crippen MR) is 129 cm³/mol. The molecule has 1 saturated heterocycles. The average molecular weight is 501 g/mol. The molecule has 7 nitrogen and oxygen atoms in total. The highest BCUT2D eigenvalue weighted by Gasteiger charge is 2.54. The van der Waals surface area contributed by atoms with E-state index in [1.165, 1.54) is 28.0 Å². The van der Waals surface area contributed by atoms with E-state index in [9.17, 15) is 14.4 Å². The summed E-state index contributed by atoms with van der Waals surface area (Å²) in [4.78, 5) is 40.2. The van der Waals surface area contributed by atoms with Gasteiger partial charge >= 0.3 is 0 Å². The summed E-state index contributed by atoms with van der Waals surface area (Å²) in [5.41, 5.74) is 1.75. The van der Waals surface area contributed by atoms with Crippen molar-refractivity contribution in [2.45, 2.75) is 17.8 Å². The van der Waals surface area contributed by atoms with E-state index in [4.69, 9.17) is 0 Å². The summed E-state index contributed by atoms with van der Waals surface area (Å²) in [6.07, 6.45) is 0.192. The Hall–Kier alpha value is -2.47. The van der Waals surface area contributed by atoms with Crippen molar-refractivity contribution in [2.75, 3.05) is 5.75 Å². The zero-order valence-corrected chi connectivity index (χ0v) is 19.8. The van der Waals surface area contributed by atoms with Crippen LogP contribution in [0.15, 0.2) is 53.5 Å². The van der Waals surface area contributed by atoms with Crippen LogP contribution in [-0.4, -0.2) is 49.2 Å². The maximum atomic E-state index is 12.9. The highest BCUT2D eigenvalue weighted by molar-refractivity contribution is 8.00. The average Bonchev–Trinajstić information content (AvgIpc) is 3.49. The first-order valence-electron chi connectivity index (χ1n) is 9.65. The van der Waals surface area contributed by atoms with Crippen molar-refractivity contribution >= 4 is 69.6 Å². The fourth-order valence-electron chi connectivity index (χ4n) is 3.63. The number of carbonyl (C=O) groups excluding carboxylic acids is 3. The maximum absolute atomic E-state index is 12.9. The molecule has 1 fully saturated rings. The van der Waals surface area contributed by atoms with Gasteiger partial charge in [-0.05, 0) is 17.0 Å². The summed E-state index contributed by atoms with van der Waals surface area (Å²) in [6.45, 7) is 0. The van der Waals surface area contributed by atoms with Crippen molar-refractivity contribution in [1.29, 1.82) is 0 Å². The first-order valence-corrected chi connectivity index (χ1v) is 12.8. The normalized spacial score (nSPS) is 20.0. The van der Waals surface area contributed by atoms with E-state index in [0.717, 1.165) is 15.4 Å². The molecule has 5 rings (SSSR count). The van der Waals surface area contributed by atoms with Gasteiger partial charge in [-0.2, -0.15) is 0 Å². The largest absolute Gasteiger partial charge is 0.341 e. The number of nitrogens with zero attached hydrogens (tertiary/aromatic N) is 3. The second kappa shape index (κ2) is 8.81. The van der Waals surface area contributed by atoms with Crippen LogP contribution < -0.4 is 5.32 Å². The van der Waals surface area contributed by atoms with Crippen LogP contribution in [0.1, 0.15) is 10.6 Å². The molecule has 0 aliphatic carbocycles. The minimum absolute atomic E-state index is 0.192. The zero-order chi connectivity index (χ0) is 22.2. The molecule has 4 heterocycles. The van der Waals surface area contributed by atoms with E-state index < -0.39 is 11.2 Å². The summed E-state index contributed by atoms with van der Waals surface area (Å²) in [5, 5.41) is 13.8. The minimum atomic E-state index is -0.670. The highest BCUT2D eigenvalue weighted by Crippen LogP contribution is 2.45. The molecular formula is C21H16N4O3S4. The van der Waals surface area contributed by atoms with Crippen LogP contribution in [0.5, 0.6) is 0 Å². The Labute approximate surface area is 201 Å². The minimum Gasteiger partial charge on any atom is -0.341 e. The fraction of sp³-hybridized carbons (Fsp3) is 0.190. The van der Waals surface area contributed by atoms with Crippen molar-refractivity contribution in [3.05, 3.63) is 64.1 Å². The van der Waals surface area contributed by atoms with Gasteiger partial charge in [-0.1, -0.05) is 60.4 Å². The number of rotatable bonds is 6. The van der Waals surface area contributed by atoms with Crippen molar-refractivity contribution < 1.29 is 14.4 Å². The third kappa shape index (κ3) is 3.90. The molecule has 32 heavy (non-hydrogen) atoms. The van der Waals surface area contributed by atoms with Crippen LogP contribution >= 0.6 is 47.1 Å². The lowest BCUT2D eigenvalue weighted by Gasteiger charge is -2.49. The molecule has 1 N–H and O–H groups in total. The monoisotopic (exact) mass is 500 g/mol. The first kappa shape index (κ1) is 21.4. The van der Waals surface area contributed by atoms with E-state index in [0.29, 0.717) is 16.3 Å². The summed E-state index contributed by atoms with van der Waals surface area (Å²) < 4.78 is 0. The molecule has 2 atom stereocenters. The molecular weight excluding hydrogens is 485 g/mol. The van der Waals surface area contributed by atoms with Gasteiger partial charge < -0.3 is 5.32 Å². The van der Waals surface area contributed by atoms with E-state index in [1.807, 2.05) is 47.8 Å². The number of thiol groups is 1. The van der Waals surface area contributed by atoms with E-state index in [2.05, 4.69) is 28.1 Å². The Morgan fingerprint density at radius 3 is 2.62 bits per heavy atom. The summed E-state index contributed by atoms with van der Waals surface area (Å²) in [6, 6.07) is 12.6.